The van der Waals surface area contributed by atoms with Gasteiger partial charge in [0.15, 0.2) is 17.4 Å². The molecule has 4 N–H and O–H groups in total. The number of benzene rings is 1. The van der Waals surface area contributed by atoms with E-state index >= 15 is 0 Å². The van der Waals surface area contributed by atoms with Gasteiger partial charge in [0.2, 0.25) is 5.88 Å². The minimum absolute atomic E-state index is 0.0223. The predicted octanol–water partition coefficient (Wildman–Crippen LogP) is 7.43. The first kappa shape index (κ1) is 30.5. The van der Waals surface area contributed by atoms with Crippen LogP contribution in [0.5, 0.6) is 5.88 Å². The van der Waals surface area contributed by atoms with Crippen LogP contribution in [0, 0.1) is 20.8 Å². The standard InChI is InChI=1S/C32H31F2N7O2S/c1-18-13-21(26(36-4)15-25(18)40-44-30-10-5-7-20(3)39-30)11-12-28(42)22-16-38-41(32(22)35)27-17-37-29(14-19(27)2)43-31-23(33)8-6-9-24(31)34/h5,7-8,10-17,36,40H,6,9,35H2,1-4H3/b12-11+. The highest BCUT2D eigenvalue weighted by molar-refractivity contribution is 8.00. The molecular formula is C32H31F2N7O2S. The Morgan fingerprint density at radius 2 is 1.93 bits per heavy atom. The first-order valence-electron chi connectivity index (χ1n) is 13.8. The number of aromatic nitrogens is 4. The van der Waals surface area contributed by atoms with E-state index in [1.54, 1.807) is 13.0 Å². The Balaban J connectivity index is 1.31. The van der Waals surface area contributed by atoms with E-state index in [1.165, 1.54) is 47.2 Å². The molecule has 226 valence electrons. The van der Waals surface area contributed by atoms with E-state index < -0.39 is 17.4 Å². The van der Waals surface area contributed by atoms with Gasteiger partial charge >= 0.3 is 0 Å². The zero-order valence-corrected chi connectivity index (χ0v) is 25.4. The number of carbonyl (C=O) groups excluding carboxylic acids is 1. The van der Waals surface area contributed by atoms with E-state index in [0.717, 1.165) is 33.2 Å². The van der Waals surface area contributed by atoms with Crippen LogP contribution < -0.4 is 20.5 Å². The highest BCUT2D eigenvalue weighted by Crippen LogP contribution is 2.32. The fourth-order valence-corrected chi connectivity index (χ4v) is 5.31. The molecule has 4 aromatic rings. The average molecular weight is 616 g/mol. The largest absolute Gasteiger partial charge is 0.433 e. The minimum Gasteiger partial charge on any atom is -0.433 e. The number of ketones is 1. The average Bonchev–Trinajstić information content (AvgIpc) is 3.38. The third-order valence-electron chi connectivity index (χ3n) is 6.92. The number of aryl methyl sites for hydroxylation is 3. The number of carbonyl (C=O) groups is 1. The van der Waals surface area contributed by atoms with Crippen molar-refractivity contribution in [1.82, 2.24) is 19.7 Å². The lowest BCUT2D eigenvalue weighted by Crippen LogP contribution is -2.08. The van der Waals surface area contributed by atoms with Crippen LogP contribution in [0.4, 0.5) is 26.0 Å². The fourth-order valence-electron chi connectivity index (χ4n) is 4.54. The fraction of sp³-hybridized carbons (Fsp3) is 0.188. The Morgan fingerprint density at radius 3 is 2.66 bits per heavy atom. The summed E-state index contributed by atoms with van der Waals surface area (Å²) < 4.78 is 38.3. The number of hydrogen-bond donors (Lipinski definition) is 3. The second-order valence-corrected chi connectivity index (χ2v) is 10.9. The number of nitrogen functional groups attached to an aromatic ring is 1. The van der Waals surface area contributed by atoms with Gasteiger partial charge in [0.05, 0.1) is 23.6 Å². The summed E-state index contributed by atoms with van der Waals surface area (Å²) in [5.41, 5.74) is 12.1. The van der Waals surface area contributed by atoms with Crippen molar-refractivity contribution in [1.29, 1.82) is 0 Å². The number of nitrogens with one attached hydrogen (secondary N) is 2. The molecule has 0 amide bonds. The van der Waals surface area contributed by atoms with Crippen LogP contribution in [-0.4, -0.2) is 32.6 Å². The molecule has 1 aliphatic carbocycles. The molecule has 44 heavy (non-hydrogen) atoms. The number of allylic oxidation sites excluding steroid dienone is 4. The topological polar surface area (TPSA) is 120 Å². The van der Waals surface area contributed by atoms with E-state index in [1.807, 2.05) is 51.2 Å². The number of ether oxygens (including phenoxy) is 1. The summed E-state index contributed by atoms with van der Waals surface area (Å²) >= 11 is 1.42. The Kier molecular flexibility index (Phi) is 9.09. The SMILES string of the molecule is CNc1cc(NSc2cccc(C)n2)c(C)cc1/C=C/C(=O)c1cnn(-c2cnc(OC3=C(F)CCC=C3F)cc2C)c1N. The van der Waals surface area contributed by atoms with Crippen LogP contribution in [0.1, 0.15) is 45.6 Å². The van der Waals surface area contributed by atoms with E-state index in [0.29, 0.717) is 11.3 Å². The summed E-state index contributed by atoms with van der Waals surface area (Å²) in [7, 11) is 1.81. The lowest BCUT2D eigenvalue weighted by atomic mass is 10.1. The monoisotopic (exact) mass is 615 g/mol. The molecule has 1 aliphatic rings. The molecule has 9 nitrogen and oxygen atoms in total. The Bertz CT molecular complexity index is 1830. The zero-order valence-electron chi connectivity index (χ0n) is 24.6. The smallest absolute Gasteiger partial charge is 0.219 e. The van der Waals surface area contributed by atoms with Crippen molar-refractivity contribution < 1.29 is 18.3 Å². The number of nitrogens with two attached hydrogens (primary N) is 1. The lowest BCUT2D eigenvalue weighted by molar-refractivity contribution is 0.104. The van der Waals surface area contributed by atoms with E-state index in [2.05, 4.69) is 25.1 Å². The first-order valence-corrected chi connectivity index (χ1v) is 14.6. The molecule has 0 saturated heterocycles. The Morgan fingerprint density at radius 1 is 1.11 bits per heavy atom. The van der Waals surface area contributed by atoms with Gasteiger partial charge in [0.1, 0.15) is 16.7 Å². The molecule has 3 heterocycles. The van der Waals surface area contributed by atoms with Crippen LogP contribution in [-0.2, 0) is 0 Å². The molecule has 0 aliphatic heterocycles. The summed E-state index contributed by atoms with van der Waals surface area (Å²) in [5.74, 6) is -2.07. The molecule has 0 spiro atoms. The lowest BCUT2D eigenvalue weighted by Gasteiger charge is -2.14. The van der Waals surface area contributed by atoms with Crippen LogP contribution in [0.25, 0.3) is 11.8 Å². The molecule has 0 fully saturated rings. The number of anilines is 3. The van der Waals surface area contributed by atoms with Gasteiger partial charge in [-0.05, 0) is 86.4 Å². The third kappa shape index (κ3) is 6.65. The summed E-state index contributed by atoms with van der Waals surface area (Å²) in [6.07, 6.45) is 7.60. The summed E-state index contributed by atoms with van der Waals surface area (Å²) in [4.78, 5) is 21.8. The maximum atomic E-state index is 14.1. The van der Waals surface area contributed by atoms with Gasteiger partial charge in [-0.25, -0.2) is 23.4 Å². The molecular weight excluding hydrogens is 584 g/mol. The molecule has 0 saturated carbocycles. The molecule has 1 aromatic carbocycles. The van der Waals surface area contributed by atoms with Gasteiger partial charge in [-0.2, -0.15) is 5.10 Å². The number of nitrogens with zero attached hydrogens (tertiary/aromatic N) is 4. The maximum Gasteiger partial charge on any atom is 0.219 e. The van der Waals surface area contributed by atoms with Crippen molar-refractivity contribution in [3.05, 3.63) is 106 Å². The van der Waals surface area contributed by atoms with Crippen LogP contribution >= 0.6 is 11.9 Å². The molecule has 5 rings (SSSR count). The van der Waals surface area contributed by atoms with Crippen LogP contribution in [0.2, 0.25) is 0 Å². The van der Waals surface area contributed by atoms with Gasteiger partial charge < -0.3 is 20.5 Å². The van der Waals surface area contributed by atoms with Gasteiger partial charge in [0, 0.05) is 48.6 Å². The molecule has 0 atom stereocenters. The molecule has 12 heteroatoms. The van der Waals surface area contributed by atoms with Crippen LogP contribution in [0.15, 0.2) is 83.4 Å². The van der Waals surface area contributed by atoms with Crippen molar-refractivity contribution in [2.75, 3.05) is 22.8 Å². The first-order chi connectivity index (χ1) is 21.1. The van der Waals surface area contributed by atoms with E-state index in [4.69, 9.17) is 10.5 Å². The second-order valence-electron chi connectivity index (χ2n) is 10.1. The van der Waals surface area contributed by atoms with Crippen molar-refractivity contribution >= 4 is 41.0 Å². The zero-order chi connectivity index (χ0) is 31.4. The van der Waals surface area contributed by atoms with Crippen LogP contribution in [0.3, 0.4) is 0 Å². The van der Waals surface area contributed by atoms with Gasteiger partial charge in [-0.15, -0.1) is 0 Å². The third-order valence-corrected chi connectivity index (χ3v) is 7.68. The number of pyridine rings is 2. The highest BCUT2D eigenvalue weighted by Gasteiger charge is 2.21. The van der Waals surface area contributed by atoms with Gasteiger partial charge in [-0.3, -0.25) is 4.79 Å². The summed E-state index contributed by atoms with van der Waals surface area (Å²) in [6, 6.07) is 11.3. The normalized spacial score (nSPS) is 13.3. The van der Waals surface area contributed by atoms with Crippen molar-refractivity contribution in [3.63, 3.8) is 0 Å². The molecule has 0 unspecified atom stereocenters. The summed E-state index contributed by atoms with van der Waals surface area (Å²) in [6.45, 7) is 5.68. The highest BCUT2D eigenvalue weighted by atomic mass is 32.2. The quantitative estimate of drug-likeness (QED) is 0.0950. The van der Waals surface area contributed by atoms with Gasteiger partial charge in [-0.1, -0.05) is 6.07 Å². The second kappa shape index (κ2) is 13.1. The van der Waals surface area contributed by atoms with E-state index in [-0.39, 0.29) is 35.9 Å². The number of hydrogen-bond acceptors (Lipinski definition) is 9. The van der Waals surface area contributed by atoms with Crippen molar-refractivity contribution in [2.45, 2.75) is 38.6 Å². The number of halogens is 2. The predicted molar refractivity (Wildman–Crippen MR) is 170 cm³/mol. The van der Waals surface area contributed by atoms with E-state index in [9.17, 15) is 13.6 Å². The van der Waals surface area contributed by atoms with Crippen molar-refractivity contribution in [3.8, 4) is 11.6 Å². The Labute approximate surface area is 258 Å². The molecule has 0 bridgehead atoms. The molecule has 0 radical (unpaired) electrons. The van der Waals surface area contributed by atoms with Crippen molar-refractivity contribution in [2.24, 2.45) is 0 Å². The summed E-state index contributed by atoms with van der Waals surface area (Å²) in [5, 5.41) is 8.33. The van der Waals surface area contributed by atoms with Gasteiger partial charge in [0.25, 0.3) is 0 Å². The Hall–Kier alpha value is -4.97. The minimum atomic E-state index is -0.760. The number of rotatable bonds is 10. The maximum absolute atomic E-state index is 14.1. The molecule has 3 aromatic heterocycles.